The fourth-order valence-corrected chi connectivity index (χ4v) is 3.05. The van der Waals surface area contributed by atoms with Crippen LogP contribution in [0.4, 0.5) is 0 Å². The molecule has 1 aliphatic heterocycles. The lowest BCUT2D eigenvalue weighted by Crippen LogP contribution is -2.31. The summed E-state index contributed by atoms with van der Waals surface area (Å²) in [7, 11) is 0. The van der Waals surface area contributed by atoms with Gasteiger partial charge in [0.1, 0.15) is 0 Å². The maximum Gasteiger partial charge on any atom is 0.414 e. The second kappa shape index (κ2) is 12.8. The van der Waals surface area contributed by atoms with Crippen LogP contribution in [0.3, 0.4) is 0 Å². The summed E-state index contributed by atoms with van der Waals surface area (Å²) in [6.07, 6.45) is 8.09. The van der Waals surface area contributed by atoms with E-state index in [0.29, 0.717) is 19.8 Å². The molecule has 1 atom stereocenters. The summed E-state index contributed by atoms with van der Waals surface area (Å²) >= 11 is 0. The number of hydrogen-bond acceptors (Lipinski definition) is 7. The second-order valence-corrected chi connectivity index (χ2v) is 7.03. The molecule has 0 radical (unpaired) electrons. The molecule has 3 rings (SSSR count). The Hall–Kier alpha value is -2.62. The lowest BCUT2D eigenvalue weighted by molar-refractivity contribution is -0.159. The summed E-state index contributed by atoms with van der Waals surface area (Å²) in [4.78, 5) is 18.2. The first-order valence-electron chi connectivity index (χ1n) is 9.95. The maximum absolute atomic E-state index is 9.97. The molecule has 0 amide bonds. The van der Waals surface area contributed by atoms with Crippen molar-refractivity contribution in [1.29, 1.82) is 0 Å². The predicted octanol–water partition coefficient (Wildman–Crippen LogP) is 1.93. The molecule has 2 aliphatic rings. The molecule has 9 nitrogen and oxygen atoms in total. The number of aliphatic carboxylic acids is 2. The Labute approximate surface area is 175 Å². The standard InChI is InChI=1S/C19H27NO4.C2H2O4/c21-17(11-20-9-8-15-4-2-1-3-5-15)13-22-12-16-6-7-18-19(10-16)24-14-23-18;3-1(4)2(5)6/h4,6-7,10,17,20-21H,1-3,5,8-9,11-14H2;(H,3,4)(H,5,6). The molecule has 30 heavy (non-hydrogen) atoms. The van der Waals surface area contributed by atoms with Gasteiger partial charge in [-0.15, -0.1) is 0 Å². The van der Waals surface area contributed by atoms with Gasteiger partial charge in [0.2, 0.25) is 6.79 Å². The van der Waals surface area contributed by atoms with Crippen LogP contribution >= 0.6 is 0 Å². The Bertz CT molecular complexity index is 722. The van der Waals surface area contributed by atoms with E-state index in [2.05, 4.69) is 11.4 Å². The molecular formula is C21H29NO8. The van der Waals surface area contributed by atoms with Gasteiger partial charge in [0, 0.05) is 6.54 Å². The van der Waals surface area contributed by atoms with E-state index in [1.807, 2.05) is 18.2 Å². The number of carboxylic acids is 2. The minimum atomic E-state index is -1.82. The number of allylic oxidation sites excluding steroid dienone is 1. The number of ether oxygens (including phenoxy) is 3. The van der Waals surface area contributed by atoms with Gasteiger partial charge < -0.3 is 34.8 Å². The van der Waals surface area contributed by atoms with Crippen LogP contribution in [0.1, 0.15) is 37.7 Å². The van der Waals surface area contributed by atoms with E-state index in [1.165, 1.54) is 25.7 Å². The molecule has 1 unspecified atom stereocenters. The van der Waals surface area contributed by atoms with E-state index in [9.17, 15) is 5.11 Å². The predicted molar refractivity (Wildman–Crippen MR) is 108 cm³/mol. The van der Waals surface area contributed by atoms with Crippen LogP contribution in [0.15, 0.2) is 29.8 Å². The molecule has 1 aliphatic carbocycles. The highest BCUT2D eigenvalue weighted by Crippen LogP contribution is 2.32. The third kappa shape index (κ3) is 8.81. The molecule has 1 heterocycles. The smallest absolute Gasteiger partial charge is 0.414 e. The summed E-state index contributed by atoms with van der Waals surface area (Å²) < 4.78 is 16.2. The lowest BCUT2D eigenvalue weighted by atomic mass is 9.97. The minimum absolute atomic E-state index is 0.279. The third-order valence-corrected chi connectivity index (χ3v) is 4.59. The molecule has 0 aromatic heterocycles. The monoisotopic (exact) mass is 423 g/mol. The Morgan fingerprint density at radius 1 is 1.13 bits per heavy atom. The molecule has 166 valence electrons. The lowest BCUT2D eigenvalue weighted by Gasteiger charge is -2.15. The zero-order valence-electron chi connectivity index (χ0n) is 16.8. The second-order valence-electron chi connectivity index (χ2n) is 7.03. The van der Waals surface area contributed by atoms with Gasteiger partial charge in [-0.1, -0.05) is 17.7 Å². The average Bonchev–Trinajstić information content (AvgIpc) is 3.20. The fourth-order valence-electron chi connectivity index (χ4n) is 3.05. The van der Waals surface area contributed by atoms with Gasteiger partial charge in [0.05, 0.1) is 19.3 Å². The van der Waals surface area contributed by atoms with Crippen LogP contribution in [0, 0.1) is 0 Å². The summed E-state index contributed by atoms with van der Waals surface area (Å²) in [6.45, 7) is 2.55. The highest BCUT2D eigenvalue weighted by atomic mass is 16.7. The molecule has 0 saturated carbocycles. The Morgan fingerprint density at radius 2 is 1.90 bits per heavy atom. The Balaban J connectivity index is 0.000000469. The number of aliphatic hydroxyl groups is 1. The van der Waals surface area contributed by atoms with Gasteiger partial charge in [0.15, 0.2) is 11.5 Å². The number of fused-ring (bicyclic) bond motifs is 1. The molecule has 0 fully saturated rings. The Morgan fingerprint density at radius 3 is 2.60 bits per heavy atom. The van der Waals surface area contributed by atoms with Crippen molar-refractivity contribution in [2.75, 3.05) is 26.5 Å². The van der Waals surface area contributed by atoms with Gasteiger partial charge in [0.25, 0.3) is 0 Å². The van der Waals surface area contributed by atoms with Crippen LogP contribution < -0.4 is 14.8 Å². The van der Waals surface area contributed by atoms with Crippen LogP contribution in [-0.2, 0) is 20.9 Å². The van der Waals surface area contributed by atoms with Crippen LogP contribution in [-0.4, -0.2) is 59.9 Å². The SMILES string of the molecule is O=C(O)C(=O)O.OC(CNCCC1=CCCCC1)COCc1ccc2c(c1)OCO2. The molecule has 9 heteroatoms. The van der Waals surface area contributed by atoms with E-state index in [0.717, 1.165) is 30.0 Å². The summed E-state index contributed by atoms with van der Waals surface area (Å²) in [6, 6.07) is 5.76. The van der Waals surface area contributed by atoms with Crippen molar-refractivity contribution in [1.82, 2.24) is 5.32 Å². The highest BCUT2D eigenvalue weighted by molar-refractivity contribution is 6.27. The molecular weight excluding hydrogens is 394 g/mol. The van der Waals surface area contributed by atoms with Crippen molar-refractivity contribution in [2.24, 2.45) is 0 Å². The van der Waals surface area contributed by atoms with E-state index < -0.39 is 18.0 Å². The molecule has 0 saturated heterocycles. The van der Waals surface area contributed by atoms with Gasteiger partial charge in [-0.05, 0) is 56.3 Å². The number of aliphatic hydroxyl groups excluding tert-OH is 1. The van der Waals surface area contributed by atoms with Crippen molar-refractivity contribution < 1.29 is 39.1 Å². The van der Waals surface area contributed by atoms with E-state index >= 15 is 0 Å². The quantitative estimate of drug-likeness (QED) is 0.267. The third-order valence-electron chi connectivity index (χ3n) is 4.59. The van der Waals surface area contributed by atoms with Crippen LogP contribution in [0.2, 0.25) is 0 Å². The van der Waals surface area contributed by atoms with Crippen molar-refractivity contribution in [3.05, 3.63) is 35.4 Å². The molecule has 0 bridgehead atoms. The number of nitrogens with one attached hydrogen (secondary N) is 1. The van der Waals surface area contributed by atoms with Crippen molar-refractivity contribution in [3.8, 4) is 11.5 Å². The zero-order valence-corrected chi connectivity index (χ0v) is 16.8. The van der Waals surface area contributed by atoms with Crippen molar-refractivity contribution in [2.45, 2.75) is 44.8 Å². The van der Waals surface area contributed by atoms with Gasteiger partial charge in [-0.25, -0.2) is 9.59 Å². The van der Waals surface area contributed by atoms with Gasteiger partial charge in [-0.3, -0.25) is 0 Å². The summed E-state index contributed by atoms with van der Waals surface area (Å²) in [5.74, 6) is -2.11. The number of carbonyl (C=O) groups is 2. The number of hydrogen-bond donors (Lipinski definition) is 4. The van der Waals surface area contributed by atoms with Crippen LogP contribution in [0.5, 0.6) is 11.5 Å². The first-order valence-corrected chi connectivity index (χ1v) is 9.95. The first-order chi connectivity index (χ1) is 14.5. The van der Waals surface area contributed by atoms with Gasteiger partial charge in [-0.2, -0.15) is 0 Å². The molecule has 1 aromatic rings. The van der Waals surface area contributed by atoms with E-state index in [1.54, 1.807) is 5.57 Å². The van der Waals surface area contributed by atoms with E-state index in [-0.39, 0.29) is 6.79 Å². The fraction of sp³-hybridized carbons (Fsp3) is 0.524. The minimum Gasteiger partial charge on any atom is -0.473 e. The normalized spacial score (nSPS) is 15.6. The van der Waals surface area contributed by atoms with E-state index in [4.69, 9.17) is 34.0 Å². The number of benzene rings is 1. The highest BCUT2D eigenvalue weighted by Gasteiger charge is 2.13. The number of rotatable bonds is 9. The van der Waals surface area contributed by atoms with Crippen molar-refractivity contribution >= 4 is 11.9 Å². The molecule has 0 spiro atoms. The Kier molecular flexibility index (Phi) is 10.1. The van der Waals surface area contributed by atoms with Crippen molar-refractivity contribution in [3.63, 3.8) is 0 Å². The summed E-state index contributed by atoms with van der Waals surface area (Å²) in [5, 5.41) is 28.1. The first kappa shape index (κ1) is 23.7. The average molecular weight is 423 g/mol. The summed E-state index contributed by atoms with van der Waals surface area (Å²) in [5.41, 5.74) is 2.57. The zero-order chi connectivity index (χ0) is 21.8. The molecule has 1 aromatic carbocycles. The topological polar surface area (TPSA) is 135 Å². The largest absolute Gasteiger partial charge is 0.473 e. The van der Waals surface area contributed by atoms with Gasteiger partial charge >= 0.3 is 11.9 Å². The molecule has 4 N–H and O–H groups in total. The number of carboxylic acid groups (broad SMARTS) is 2. The maximum atomic E-state index is 9.97. The van der Waals surface area contributed by atoms with Crippen LogP contribution in [0.25, 0.3) is 0 Å².